The summed E-state index contributed by atoms with van der Waals surface area (Å²) < 4.78 is 62.6. The molecule has 0 fully saturated rings. The Morgan fingerprint density at radius 1 is 0.907 bits per heavy atom. The summed E-state index contributed by atoms with van der Waals surface area (Å²) in [5, 5.41) is 2.52. The van der Waals surface area contributed by atoms with Gasteiger partial charge in [0.05, 0.1) is 24.2 Å². The predicted molar refractivity (Wildman–Crippen MR) is 153 cm³/mol. The summed E-state index contributed by atoms with van der Waals surface area (Å²) in [7, 11) is -3.55. The molecule has 0 saturated carbocycles. The number of benzene rings is 3. The van der Waals surface area contributed by atoms with E-state index in [4.69, 9.17) is 18.9 Å². The van der Waals surface area contributed by atoms with Gasteiger partial charge in [0.15, 0.2) is 0 Å². The van der Waals surface area contributed by atoms with Gasteiger partial charge in [0.2, 0.25) is 10.0 Å². The highest BCUT2D eigenvalue weighted by Crippen LogP contribution is 2.28. The summed E-state index contributed by atoms with van der Waals surface area (Å²) in [5.74, 6) is -1.86. The van der Waals surface area contributed by atoms with Crippen molar-refractivity contribution in [1.82, 2.24) is 9.62 Å². The zero-order valence-electron chi connectivity index (χ0n) is 24.1. The highest BCUT2D eigenvalue weighted by molar-refractivity contribution is 7.89. The van der Waals surface area contributed by atoms with Crippen LogP contribution in [0, 0.1) is 5.82 Å². The van der Waals surface area contributed by atoms with E-state index in [9.17, 15) is 27.2 Å². The molecule has 0 aromatic heterocycles. The van der Waals surface area contributed by atoms with E-state index in [1.54, 1.807) is 37.3 Å². The lowest BCUT2D eigenvalue weighted by Gasteiger charge is -2.38. The molecule has 3 aromatic carbocycles. The summed E-state index contributed by atoms with van der Waals surface area (Å²) in [5.41, 5.74) is -0.940. The van der Waals surface area contributed by atoms with Crippen LogP contribution in [0.25, 0.3) is 0 Å². The molecule has 1 amide bonds. The number of nitrogens with zero attached hydrogens (tertiary/aromatic N) is 1. The molecule has 0 aliphatic carbocycles. The van der Waals surface area contributed by atoms with Gasteiger partial charge in [-0.05, 0) is 74.9 Å². The largest absolute Gasteiger partial charge is 0.468 e. The van der Waals surface area contributed by atoms with Gasteiger partial charge in [-0.15, -0.1) is 0 Å². The standard InChI is InChI=1S/C30H33FN2O9S/c1-5-40-26(34)19-33(43(37,38)25-17-15-24(16-18-25)42-23-13-11-22(31)12-14-23)27(28(35)39-4)30(2,3)32-29(36)41-20-21-9-7-6-8-10-21/h6-18,27H,5,19-20H2,1-4H3,(H,32,36)/t27-/m1/s1. The molecule has 13 heteroatoms. The fraction of sp³-hybridized carbons (Fsp3) is 0.300. The Hall–Kier alpha value is -4.49. The van der Waals surface area contributed by atoms with Crippen molar-refractivity contribution in [3.8, 4) is 11.5 Å². The third kappa shape index (κ3) is 9.00. The van der Waals surface area contributed by atoms with Crippen LogP contribution in [0.5, 0.6) is 11.5 Å². The number of methoxy groups -OCH3 is 1. The Balaban J connectivity index is 1.92. The molecule has 0 bridgehead atoms. The van der Waals surface area contributed by atoms with Crippen molar-refractivity contribution in [2.75, 3.05) is 20.3 Å². The Kier molecular flexibility index (Phi) is 11.2. The quantitative estimate of drug-likeness (QED) is 0.219. The van der Waals surface area contributed by atoms with Gasteiger partial charge in [0, 0.05) is 0 Å². The summed E-state index contributed by atoms with van der Waals surface area (Å²) in [6, 6.07) is 17.5. The molecule has 1 N–H and O–H groups in total. The van der Waals surface area contributed by atoms with E-state index in [1.807, 2.05) is 0 Å². The molecule has 0 saturated heterocycles. The van der Waals surface area contributed by atoms with Crippen LogP contribution in [0.3, 0.4) is 0 Å². The molecule has 3 aromatic rings. The lowest BCUT2D eigenvalue weighted by Crippen LogP contribution is -2.64. The summed E-state index contributed by atoms with van der Waals surface area (Å²) in [4.78, 5) is 38.2. The molecule has 0 aliphatic heterocycles. The van der Waals surface area contributed by atoms with Crippen molar-refractivity contribution in [3.05, 3.63) is 90.2 Å². The first-order valence-corrected chi connectivity index (χ1v) is 14.6. The van der Waals surface area contributed by atoms with Crippen LogP contribution in [0.2, 0.25) is 0 Å². The van der Waals surface area contributed by atoms with Crippen LogP contribution < -0.4 is 10.1 Å². The molecule has 0 spiro atoms. The highest BCUT2D eigenvalue weighted by atomic mass is 32.2. The lowest BCUT2D eigenvalue weighted by molar-refractivity contribution is -0.150. The number of ether oxygens (including phenoxy) is 4. The molecular formula is C30H33FN2O9S. The van der Waals surface area contributed by atoms with E-state index in [0.717, 1.165) is 7.11 Å². The molecule has 230 valence electrons. The SMILES string of the molecule is CCOC(=O)CN([C@H](C(=O)OC)C(C)(C)NC(=O)OCc1ccccc1)S(=O)(=O)c1ccc(Oc2ccc(F)cc2)cc1. The normalized spacial score (nSPS) is 12.2. The number of carbonyl (C=O) groups excluding carboxylic acids is 3. The van der Waals surface area contributed by atoms with Crippen molar-refractivity contribution in [3.63, 3.8) is 0 Å². The highest BCUT2D eigenvalue weighted by Gasteiger charge is 2.48. The van der Waals surface area contributed by atoms with Gasteiger partial charge in [-0.25, -0.2) is 17.6 Å². The maximum Gasteiger partial charge on any atom is 0.407 e. The van der Waals surface area contributed by atoms with Gasteiger partial charge in [0.1, 0.15) is 36.5 Å². The van der Waals surface area contributed by atoms with E-state index < -0.39 is 52.0 Å². The second-order valence-corrected chi connectivity index (χ2v) is 11.6. The number of amides is 1. The fourth-order valence-corrected chi connectivity index (χ4v) is 5.73. The minimum atomic E-state index is -4.60. The van der Waals surface area contributed by atoms with Crippen molar-refractivity contribution in [2.45, 2.75) is 43.9 Å². The molecule has 0 unspecified atom stereocenters. The second kappa shape index (κ2) is 14.6. The Morgan fingerprint density at radius 2 is 1.49 bits per heavy atom. The van der Waals surface area contributed by atoms with Crippen molar-refractivity contribution >= 4 is 28.1 Å². The summed E-state index contributed by atoms with van der Waals surface area (Å²) in [6.07, 6.45) is -0.932. The van der Waals surface area contributed by atoms with Gasteiger partial charge in [-0.2, -0.15) is 4.31 Å². The van der Waals surface area contributed by atoms with Gasteiger partial charge < -0.3 is 24.3 Å². The van der Waals surface area contributed by atoms with Crippen LogP contribution in [0.4, 0.5) is 9.18 Å². The molecule has 0 aliphatic rings. The molecule has 43 heavy (non-hydrogen) atoms. The van der Waals surface area contributed by atoms with Gasteiger partial charge in [-0.3, -0.25) is 9.59 Å². The van der Waals surface area contributed by atoms with E-state index in [0.29, 0.717) is 15.6 Å². The number of rotatable bonds is 13. The topological polar surface area (TPSA) is 138 Å². The minimum Gasteiger partial charge on any atom is -0.468 e. The average molecular weight is 617 g/mol. The summed E-state index contributed by atoms with van der Waals surface area (Å²) >= 11 is 0. The third-order valence-electron chi connectivity index (χ3n) is 6.10. The van der Waals surface area contributed by atoms with E-state index in [-0.39, 0.29) is 23.9 Å². The first-order valence-electron chi connectivity index (χ1n) is 13.1. The minimum absolute atomic E-state index is 0.0432. The number of carbonyl (C=O) groups is 3. The van der Waals surface area contributed by atoms with Gasteiger partial charge >= 0.3 is 18.0 Å². The van der Waals surface area contributed by atoms with Crippen molar-refractivity contribution in [1.29, 1.82) is 0 Å². The van der Waals surface area contributed by atoms with Gasteiger partial charge in [-0.1, -0.05) is 30.3 Å². The Bertz CT molecular complexity index is 1500. The first-order chi connectivity index (χ1) is 20.4. The zero-order chi connectivity index (χ0) is 31.6. The number of sulfonamides is 1. The van der Waals surface area contributed by atoms with Crippen LogP contribution >= 0.6 is 0 Å². The number of hydrogen-bond donors (Lipinski definition) is 1. The van der Waals surface area contributed by atoms with Crippen LogP contribution in [0.15, 0.2) is 83.8 Å². The molecule has 0 radical (unpaired) electrons. The van der Waals surface area contributed by atoms with Crippen molar-refractivity contribution in [2.24, 2.45) is 0 Å². The molecule has 1 atom stereocenters. The lowest BCUT2D eigenvalue weighted by atomic mass is 9.94. The number of halogens is 1. The van der Waals surface area contributed by atoms with Crippen LogP contribution in [-0.2, 0) is 40.4 Å². The Morgan fingerprint density at radius 3 is 2.05 bits per heavy atom. The van der Waals surface area contributed by atoms with Crippen LogP contribution in [0.1, 0.15) is 26.3 Å². The molecular weight excluding hydrogens is 583 g/mol. The van der Waals surface area contributed by atoms with E-state index in [1.165, 1.54) is 62.4 Å². The van der Waals surface area contributed by atoms with E-state index in [2.05, 4.69) is 5.32 Å². The van der Waals surface area contributed by atoms with E-state index >= 15 is 0 Å². The number of hydrogen-bond acceptors (Lipinski definition) is 9. The molecule has 11 nitrogen and oxygen atoms in total. The first kappa shape index (κ1) is 33.0. The molecule has 0 heterocycles. The van der Waals surface area contributed by atoms with Gasteiger partial charge in [0.25, 0.3) is 0 Å². The second-order valence-electron chi connectivity index (χ2n) is 9.72. The predicted octanol–water partition coefficient (Wildman–Crippen LogP) is 4.42. The Labute approximate surface area is 249 Å². The van der Waals surface area contributed by atoms with Crippen molar-refractivity contribution < 1.29 is 46.1 Å². The van der Waals surface area contributed by atoms with Crippen LogP contribution in [-0.4, -0.2) is 62.6 Å². The number of nitrogens with one attached hydrogen (secondary N) is 1. The number of esters is 2. The maximum atomic E-state index is 14.0. The number of alkyl carbamates (subject to hydrolysis) is 1. The molecule has 3 rings (SSSR count). The monoisotopic (exact) mass is 616 g/mol. The maximum absolute atomic E-state index is 14.0. The summed E-state index contributed by atoms with van der Waals surface area (Å²) in [6.45, 7) is 3.34. The fourth-order valence-electron chi connectivity index (χ4n) is 4.08. The zero-order valence-corrected chi connectivity index (χ0v) is 24.9. The average Bonchev–Trinajstić information content (AvgIpc) is 2.97. The smallest absolute Gasteiger partial charge is 0.407 e. The third-order valence-corrected chi connectivity index (χ3v) is 7.93.